The summed E-state index contributed by atoms with van der Waals surface area (Å²) in [4.78, 5) is 23.2. The van der Waals surface area contributed by atoms with Crippen LogP contribution in [0.1, 0.15) is 37.6 Å². The maximum absolute atomic E-state index is 12.0. The number of nitrogens with two attached hydrogens (primary N) is 1. The fraction of sp³-hybridized carbons (Fsp3) is 0.529. The van der Waals surface area contributed by atoms with Crippen molar-refractivity contribution in [2.75, 3.05) is 26.3 Å². The molecule has 0 aliphatic rings. The Balaban J connectivity index is 2.32. The van der Waals surface area contributed by atoms with Gasteiger partial charge in [-0.1, -0.05) is 13.8 Å². The van der Waals surface area contributed by atoms with Crippen molar-refractivity contribution in [3.63, 3.8) is 0 Å². The summed E-state index contributed by atoms with van der Waals surface area (Å²) < 4.78 is 10.4. The van der Waals surface area contributed by atoms with Gasteiger partial charge in [-0.2, -0.15) is 0 Å². The molecule has 0 radical (unpaired) electrons. The monoisotopic (exact) mass is 308 g/mol. The summed E-state index contributed by atoms with van der Waals surface area (Å²) in [5, 5.41) is 1.79. The minimum absolute atomic E-state index is 0.0653. The Kier molecular flexibility index (Phi) is 8.22. The highest BCUT2D eigenvalue weighted by molar-refractivity contribution is 5.96. The third-order valence-electron chi connectivity index (χ3n) is 2.95. The molecule has 22 heavy (non-hydrogen) atoms. The zero-order valence-electron chi connectivity index (χ0n) is 13.6. The van der Waals surface area contributed by atoms with Gasteiger partial charge < -0.3 is 14.8 Å². The Labute approximate surface area is 132 Å². The lowest BCUT2D eigenvalue weighted by atomic mass is 10.1. The predicted octanol–water partition coefficient (Wildman–Crippen LogP) is 1.42. The maximum atomic E-state index is 12.0. The second-order valence-electron chi connectivity index (χ2n) is 5.49. The molecule has 0 amide bonds. The molecule has 0 atom stereocenters. The van der Waals surface area contributed by atoms with E-state index in [1.165, 1.54) is 0 Å². The van der Waals surface area contributed by atoms with E-state index in [1.807, 2.05) is 12.1 Å². The normalized spacial score (nSPS) is 10.5. The van der Waals surface area contributed by atoms with Gasteiger partial charge >= 0.3 is 5.97 Å². The Hall–Kier alpha value is -1.88. The number of quaternary nitrogens is 1. The summed E-state index contributed by atoms with van der Waals surface area (Å²) in [6, 6.07) is 7.20. The molecule has 1 rings (SSSR count). The van der Waals surface area contributed by atoms with Crippen LogP contribution >= 0.6 is 0 Å². The Morgan fingerprint density at radius 2 is 1.86 bits per heavy atom. The molecule has 0 bridgehead atoms. The lowest BCUT2D eigenvalue weighted by molar-refractivity contribution is -0.644. The fourth-order valence-corrected chi connectivity index (χ4v) is 1.82. The minimum atomic E-state index is -0.249. The summed E-state index contributed by atoms with van der Waals surface area (Å²) >= 11 is 0. The Morgan fingerprint density at radius 3 is 2.45 bits per heavy atom. The zero-order chi connectivity index (χ0) is 16.4. The van der Waals surface area contributed by atoms with Gasteiger partial charge in [-0.15, -0.1) is 0 Å². The maximum Gasteiger partial charge on any atom is 0.361 e. The molecular weight excluding hydrogens is 282 g/mol. The number of benzene rings is 1. The van der Waals surface area contributed by atoms with Crippen LogP contribution in [0.3, 0.4) is 0 Å². The largest absolute Gasteiger partial charge is 0.493 e. The summed E-state index contributed by atoms with van der Waals surface area (Å²) in [7, 11) is 0. The van der Waals surface area contributed by atoms with Gasteiger partial charge in [0.25, 0.3) is 0 Å². The first-order valence-corrected chi connectivity index (χ1v) is 7.76. The van der Waals surface area contributed by atoms with Crippen LogP contribution in [0.15, 0.2) is 24.3 Å². The number of carbonyl (C=O) groups is 2. The van der Waals surface area contributed by atoms with E-state index in [9.17, 15) is 9.59 Å². The van der Waals surface area contributed by atoms with Crippen LogP contribution in [0.4, 0.5) is 0 Å². The molecule has 0 aliphatic heterocycles. The van der Waals surface area contributed by atoms with Gasteiger partial charge in [-0.05, 0) is 37.1 Å². The third kappa shape index (κ3) is 7.22. The molecule has 5 heteroatoms. The van der Waals surface area contributed by atoms with Gasteiger partial charge in [0.15, 0.2) is 12.3 Å². The molecule has 0 saturated heterocycles. The fourth-order valence-electron chi connectivity index (χ4n) is 1.82. The summed E-state index contributed by atoms with van der Waals surface area (Å²) in [6.45, 7) is 7.82. The van der Waals surface area contributed by atoms with Crippen LogP contribution in [0, 0.1) is 5.92 Å². The van der Waals surface area contributed by atoms with Crippen LogP contribution in [-0.4, -0.2) is 38.1 Å². The van der Waals surface area contributed by atoms with Gasteiger partial charge in [0, 0.05) is 5.56 Å². The SMILES string of the molecule is CCOC(=O)C[NH2+]CCC(=O)c1ccc(OCC(C)C)cc1. The molecular formula is C17H26NO4+. The number of hydrogen-bond donors (Lipinski definition) is 1. The quantitative estimate of drug-likeness (QED) is 0.403. The first-order valence-electron chi connectivity index (χ1n) is 7.76. The van der Waals surface area contributed by atoms with E-state index in [0.717, 1.165) is 5.75 Å². The van der Waals surface area contributed by atoms with Crippen LogP contribution in [0.5, 0.6) is 5.75 Å². The third-order valence-corrected chi connectivity index (χ3v) is 2.95. The molecule has 0 spiro atoms. The summed E-state index contributed by atoms with van der Waals surface area (Å²) in [6.07, 6.45) is 0.394. The van der Waals surface area contributed by atoms with Gasteiger partial charge in [-0.3, -0.25) is 4.79 Å². The van der Waals surface area contributed by atoms with Crippen molar-refractivity contribution >= 4 is 11.8 Å². The van der Waals surface area contributed by atoms with Gasteiger partial charge in [0.05, 0.1) is 26.2 Å². The molecule has 0 fully saturated rings. The molecule has 0 aromatic heterocycles. The van der Waals surface area contributed by atoms with Crippen LogP contribution in [0.2, 0.25) is 0 Å². The van der Waals surface area contributed by atoms with E-state index in [2.05, 4.69) is 13.8 Å². The number of hydrogen-bond acceptors (Lipinski definition) is 4. The van der Waals surface area contributed by atoms with E-state index in [0.29, 0.717) is 37.7 Å². The second kappa shape index (κ2) is 9.95. The van der Waals surface area contributed by atoms with Crippen molar-refractivity contribution < 1.29 is 24.4 Å². The Bertz CT molecular complexity index is 468. The highest BCUT2D eigenvalue weighted by Crippen LogP contribution is 2.14. The number of Topliss-reactive ketones (excluding diaryl/α,β-unsaturated/α-hetero) is 1. The average Bonchev–Trinajstić information content (AvgIpc) is 2.50. The molecule has 122 valence electrons. The number of esters is 1. The molecule has 0 saturated carbocycles. The van der Waals surface area contributed by atoms with E-state index in [4.69, 9.17) is 9.47 Å². The highest BCUT2D eigenvalue weighted by Gasteiger charge is 2.09. The molecule has 0 unspecified atom stereocenters. The molecule has 1 aromatic carbocycles. The molecule has 5 nitrogen and oxygen atoms in total. The highest BCUT2D eigenvalue weighted by atomic mass is 16.5. The molecule has 2 N–H and O–H groups in total. The topological polar surface area (TPSA) is 69.2 Å². The standard InChI is InChI=1S/C17H25NO4/c1-4-21-17(20)11-18-10-9-16(19)14-5-7-15(8-6-14)22-12-13(2)3/h5-8,13,18H,4,9-12H2,1-3H3/p+1. The second-order valence-corrected chi connectivity index (χ2v) is 5.49. The van der Waals surface area contributed by atoms with E-state index in [-0.39, 0.29) is 18.3 Å². The smallest absolute Gasteiger partial charge is 0.361 e. The summed E-state index contributed by atoms with van der Waals surface area (Å²) in [5.41, 5.74) is 0.668. The van der Waals surface area contributed by atoms with Crippen molar-refractivity contribution in [1.82, 2.24) is 0 Å². The van der Waals surface area contributed by atoms with E-state index < -0.39 is 0 Å². The Morgan fingerprint density at radius 1 is 1.18 bits per heavy atom. The number of ether oxygens (including phenoxy) is 2. The van der Waals surface area contributed by atoms with Crippen molar-refractivity contribution in [3.8, 4) is 5.75 Å². The minimum Gasteiger partial charge on any atom is -0.493 e. The lowest BCUT2D eigenvalue weighted by Gasteiger charge is -2.09. The number of ketones is 1. The zero-order valence-corrected chi connectivity index (χ0v) is 13.6. The van der Waals surface area contributed by atoms with Crippen LogP contribution < -0.4 is 10.1 Å². The summed E-state index contributed by atoms with van der Waals surface area (Å²) in [5.74, 6) is 1.06. The number of rotatable bonds is 10. The van der Waals surface area contributed by atoms with Crippen molar-refractivity contribution in [2.24, 2.45) is 5.92 Å². The molecule has 0 aliphatic carbocycles. The van der Waals surface area contributed by atoms with Crippen LogP contribution in [-0.2, 0) is 9.53 Å². The van der Waals surface area contributed by atoms with Crippen molar-refractivity contribution in [1.29, 1.82) is 0 Å². The van der Waals surface area contributed by atoms with Crippen LogP contribution in [0.25, 0.3) is 0 Å². The lowest BCUT2D eigenvalue weighted by Crippen LogP contribution is -2.86. The molecule has 0 heterocycles. The first-order chi connectivity index (χ1) is 10.5. The van der Waals surface area contributed by atoms with Gasteiger partial charge in [0.1, 0.15) is 5.75 Å². The van der Waals surface area contributed by atoms with E-state index in [1.54, 1.807) is 24.4 Å². The molecule has 1 aromatic rings. The van der Waals surface area contributed by atoms with Gasteiger partial charge in [0.2, 0.25) is 0 Å². The van der Waals surface area contributed by atoms with Crippen molar-refractivity contribution in [2.45, 2.75) is 27.2 Å². The average molecular weight is 308 g/mol. The van der Waals surface area contributed by atoms with Crippen molar-refractivity contribution in [3.05, 3.63) is 29.8 Å². The first kappa shape index (κ1) is 18.2. The van der Waals surface area contributed by atoms with Gasteiger partial charge in [-0.25, -0.2) is 4.79 Å². The number of carbonyl (C=O) groups excluding carboxylic acids is 2. The predicted molar refractivity (Wildman–Crippen MR) is 84.0 cm³/mol. The van der Waals surface area contributed by atoms with E-state index >= 15 is 0 Å².